The third kappa shape index (κ3) is 2.20. The molecule has 8 heteroatoms. The minimum atomic E-state index is -0.861. The summed E-state index contributed by atoms with van der Waals surface area (Å²) in [6.45, 7) is 0. The molecule has 0 fully saturated rings. The summed E-state index contributed by atoms with van der Waals surface area (Å²) in [6.07, 6.45) is 0.696. The summed E-state index contributed by atoms with van der Waals surface area (Å²) in [5.41, 5.74) is 7.23. The van der Waals surface area contributed by atoms with Gasteiger partial charge >= 0.3 is 5.97 Å². The molecule has 22 heavy (non-hydrogen) atoms. The predicted octanol–water partition coefficient (Wildman–Crippen LogP) is 1.07. The second-order valence-corrected chi connectivity index (χ2v) is 4.72. The van der Waals surface area contributed by atoms with Gasteiger partial charge in [0.15, 0.2) is 12.1 Å². The lowest BCUT2D eigenvalue weighted by molar-refractivity contribution is -0.0597. The van der Waals surface area contributed by atoms with Crippen molar-refractivity contribution in [2.24, 2.45) is 5.73 Å². The lowest BCUT2D eigenvalue weighted by atomic mass is 10.0. The number of fused-ring (bicyclic) bond motifs is 1. The van der Waals surface area contributed by atoms with Gasteiger partial charge in [-0.1, -0.05) is 6.07 Å². The van der Waals surface area contributed by atoms with Crippen LogP contribution in [0.3, 0.4) is 0 Å². The van der Waals surface area contributed by atoms with Gasteiger partial charge in [-0.2, -0.15) is 0 Å². The minimum absolute atomic E-state index is 0.103. The zero-order chi connectivity index (χ0) is 15.9. The lowest BCUT2D eigenvalue weighted by Crippen LogP contribution is -2.54. The molecule has 2 aromatic rings. The van der Waals surface area contributed by atoms with E-state index >= 15 is 0 Å². The van der Waals surface area contributed by atoms with Crippen molar-refractivity contribution < 1.29 is 19.2 Å². The van der Waals surface area contributed by atoms with Gasteiger partial charge in [0.2, 0.25) is 5.76 Å². The highest BCUT2D eigenvalue weighted by Gasteiger charge is 2.24. The Bertz CT molecular complexity index is 795. The SMILES string of the molecule is COC(=O)c1cc2cc(C3=CNC(N)N(O)C3=N)ccc2o1. The minimum Gasteiger partial charge on any atom is -0.463 e. The van der Waals surface area contributed by atoms with Crippen LogP contribution in [0.1, 0.15) is 16.1 Å². The molecule has 0 saturated heterocycles. The molecule has 0 radical (unpaired) electrons. The standard InChI is InChI=1S/C14H14N4O4/c1-21-13(19)11-5-8-4-7(2-3-10(8)22-11)9-6-17-14(16)18(20)12(9)15/h2-6,14-15,17,20H,16H2,1H3. The fourth-order valence-electron chi connectivity index (χ4n) is 2.20. The molecule has 1 unspecified atom stereocenters. The number of nitrogens with zero attached hydrogens (tertiary/aromatic N) is 1. The third-order valence-electron chi connectivity index (χ3n) is 3.36. The number of benzene rings is 1. The molecule has 0 amide bonds. The van der Waals surface area contributed by atoms with Crippen molar-refractivity contribution in [3.8, 4) is 0 Å². The Hall–Kier alpha value is -2.84. The van der Waals surface area contributed by atoms with Crippen molar-refractivity contribution in [2.45, 2.75) is 6.29 Å². The number of furan rings is 1. The van der Waals surface area contributed by atoms with E-state index in [-0.39, 0.29) is 11.6 Å². The van der Waals surface area contributed by atoms with Crippen molar-refractivity contribution in [2.75, 3.05) is 7.11 Å². The fraction of sp³-hybridized carbons (Fsp3) is 0.143. The Morgan fingerprint density at radius 1 is 1.50 bits per heavy atom. The predicted molar refractivity (Wildman–Crippen MR) is 78.0 cm³/mol. The van der Waals surface area contributed by atoms with Crippen LogP contribution in [0.5, 0.6) is 0 Å². The van der Waals surface area contributed by atoms with Crippen LogP contribution in [0.4, 0.5) is 0 Å². The highest BCUT2D eigenvalue weighted by Crippen LogP contribution is 2.26. The quantitative estimate of drug-likeness (QED) is 0.611. The molecule has 0 aliphatic carbocycles. The Labute approximate surface area is 125 Å². The number of ether oxygens (including phenoxy) is 1. The second-order valence-electron chi connectivity index (χ2n) is 4.72. The van der Waals surface area contributed by atoms with Gasteiger partial charge in [-0.3, -0.25) is 16.4 Å². The van der Waals surface area contributed by atoms with E-state index in [0.717, 1.165) is 0 Å². The van der Waals surface area contributed by atoms with Crippen LogP contribution in [-0.2, 0) is 4.74 Å². The molecule has 8 nitrogen and oxygen atoms in total. The molecule has 2 heterocycles. The van der Waals surface area contributed by atoms with Crippen LogP contribution < -0.4 is 11.1 Å². The highest BCUT2D eigenvalue weighted by molar-refractivity contribution is 6.21. The normalized spacial score (nSPS) is 18.1. The average molecular weight is 302 g/mol. The van der Waals surface area contributed by atoms with Crippen LogP contribution in [0.25, 0.3) is 16.5 Å². The van der Waals surface area contributed by atoms with Crippen LogP contribution in [0.15, 0.2) is 34.9 Å². The van der Waals surface area contributed by atoms with E-state index < -0.39 is 12.3 Å². The molecule has 0 saturated carbocycles. The first-order valence-electron chi connectivity index (χ1n) is 6.42. The van der Waals surface area contributed by atoms with Gasteiger partial charge in [0, 0.05) is 17.2 Å². The van der Waals surface area contributed by atoms with E-state index in [2.05, 4.69) is 10.1 Å². The van der Waals surface area contributed by atoms with Gasteiger partial charge < -0.3 is 14.5 Å². The van der Waals surface area contributed by atoms with E-state index in [9.17, 15) is 10.0 Å². The number of carbonyl (C=O) groups is 1. The van der Waals surface area contributed by atoms with Gasteiger partial charge in [0.1, 0.15) is 5.58 Å². The van der Waals surface area contributed by atoms with E-state index in [1.807, 2.05) is 0 Å². The number of esters is 1. The van der Waals surface area contributed by atoms with E-state index in [1.54, 1.807) is 30.5 Å². The van der Waals surface area contributed by atoms with Crippen LogP contribution in [0, 0.1) is 5.41 Å². The maximum atomic E-state index is 11.5. The van der Waals surface area contributed by atoms with Crippen LogP contribution in [-0.4, -0.2) is 35.5 Å². The maximum Gasteiger partial charge on any atom is 0.373 e. The number of carbonyl (C=O) groups excluding carboxylic acids is 1. The van der Waals surface area contributed by atoms with Gasteiger partial charge in [0.05, 0.1) is 7.11 Å². The van der Waals surface area contributed by atoms with Crippen molar-refractivity contribution >= 4 is 28.3 Å². The number of rotatable bonds is 2. The molecule has 1 aliphatic heterocycles. The molecule has 5 N–H and O–H groups in total. The molecule has 1 atom stereocenters. The summed E-state index contributed by atoms with van der Waals surface area (Å²) >= 11 is 0. The van der Waals surface area contributed by atoms with Crippen molar-refractivity contribution in [1.29, 1.82) is 5.41 Å². The summed E-state index contributed by atoms with van der Waals surface area (Å²) in [5.74, 6) is -0.579. The van der Waals surface area contributed by atoms with Gasteiger partial charge in [-0.15, -0.1) is 0 Å². The largest absolute Gasteiger partial charge is 0.463 e. The van der Waals surface area contributed by atoms with Crippen LogP contribution in [0.2, 0.25) is 0 Å². The smallest absolute Gasteiger partial charge is 0.373 e. The van der Waals surface area contributed by atoms with Crippen molar-refractivity contribution in [1.82, 2.24) is 10.4 Å². The van der Waals surface area contributed by atoms with Crippen molar-refractivity contribution in [3.63, 3.8) is 0 Å². The maximum absolute atomic E-state index is 11.5. The summed E-state index contributed by atoms with van der Waals surface area (Å²) < 4.78 is 10.00. The molecule has 114 valence electrons. The van der Waals surface area contributed by atoms with Crippen LogP contribution >= 0.6 is 0 Å². The van der Waals surface area contributed by atoms with Gasteiger partial charge in [-0.25, -0.2) is 9.86 Å². The molecule has 1 aromatic carbocycles. The Balaban J connectivity index is 2.02. The zero-order valence-corrected chi connectivity index (χ0v) is 11.7. The molecule has 3 rings (SSSR count). The number of amidine groups is 1. The van der Waals surface area contributed by atoms with Gasteiger partial charge in [-0.05, 0) is 23.8 Å². The summed E-state index contributed by atoms with van der Waals surface area (Å²) in [4.78, 5) is 11.5. The number of hydrogen-bond acceptors (Lipinski definition) is 7. The van der Waals surface area contributed by atoms with Gasteiger partial charge in [0.25, 0.3) is 0 Å². The number of nitrogens with one attached hydrogen (secondary N) is 2. The number of methoxy groups -OCH3 is 1. The first kappa shape index (κ1) is 14.1. The summed E-state index contributed by atoms with van der Waals surface area (Å²) in [6, 6.07) is 6.71. The molecule has 0 spiro atoms. The topological polar surface area (TPSA) is 125 Å². The first-order valence-corrected chi connectivity index (χ1v) is 6.42. The zero-order valence-electron chi connectivity index (χ0n) is 11.7. The molecular formula is C14H14N4O4. The molecule has 1 aliphatic rings. The molecule has 0 bridgehead atoms. The lowest BCUT2D eigenvalue weighted by Gasteiger charge is -2.30. The first-order chi connectivity index (χ1) is 10.5. The third-order valence-corrected chi connectivity index (χ3v) is 3.36. The molecule has 1 aromatic heterocycles. The van der Waals surface area contributed by atoms with E-state index in [4.69, 9.17) is 15.6 Å². The Morgan fingerprint density at radius 2 is 2.27 bits per heavy atom. The Kier molecular flexibility index (Phi) is 3.32. The fourth-order valence-corrected chi connectivity index (χ4v) is 2.20. The van der Waals surface area contributed by atoms with E-state index in [0.29, 0.717) is 27.2 Å². The number of hydrogen-bond donors (Lipinski definition) is 4. The van der Waals surface area contributed by atoms with E-state index in [1.165, 1.54) is 7.11 Å². The number of hydroxylamine groups is 2. The summed E-state index contributed by atoms with van der Waals surface area (Å²) in [5, 5.41) is 21.7. The number of nitrogens with two attached hydrogens (primary N) is 1. The Morgan fingerprint density at radius 3 is 3.00 bits per heavy atom. The highest BCUT2D eigenvalue weighted by atomic mass is 16.5. The average Bonchev–Trinajstić information content (AvgIpc) is 2.95. The van der Waals surface area contributed by atoms with Crippen molar-refractivity contribution in [3.05, 3.63) is 41.8 Å². The second kappa shape index (κ2) is 5.17. The molecular weight excluding hydrogens is 288 g/mol. The monoisotopic (exact) mass is 302 g/mol. The summed E-state index contributed by atoms with van der Waals surface area (Å²) in [7, 11) is 1.28.